The van der Waals surface area contributed by atoms with Gasteiger partial charge in [0.05, 0.1) is 19.3 Å². The number of rotatable bonds is 5. The summed E-state index contributed by atoms with van der Waals surface area (Å²) in [5.74, 6) is -2.44. The molecule has 148 valence electrons. The Morgan fingerprint density at radius 3 is 2.50 bits per heavy atom. The third-order valence-electron chi connectivity index (χ3n) is 4.54. The molecule has 1 N–H and O–H groups in total. The number of morpholine rings is 1. The van der Waals surface area contributed by atoms with Crippen LogP contribution in [0.2, 0.25) is 0 Å². The molecule has 4 nitrogen and oxygen atoms in total. The van der Waals surface area contributed by atoms with Crippen molar-refractivity contribution in [2.24, 2.45) is 0 Å². The minimum absolute atomic E-state index is 0.286. The van der Waals surface area contributed by atoms with Crippen molar-refractivity contribution >= 4 is 17.7 Å². The summed E-state index contributed by atoms with van der Waals surface area (Å²) in [6.45, 7) is 4.21. The van der Waals surface area contributed by atoms with E-state index in [-0.39, 0.29) is 5.56 Å². The van der Waals surface area contributed by atoms with Gasteiger partial charge in [-0.25, -0.2) is 13.2 Å². The SMILES string of the molecule is CC(NC(=O)C=Cc1c(F)cccc1F)c1cc(F)cc(N2CCOCC2)c1. The van der Waals surface area contributed by atoms with E-state index in [4.69, 9.17) is 4.74 Å². The van der Waals surface area contributed by atoms with Crippen LogP contribution in [0, 0.1) is 17.5 Å². The number of benzene rings is 2. The summed E-state index contributed by atoms with van der Waals surface area (Å²) in [5, 5.41) is 2.68. The average Bonchev–Trinajstić information content (AvgIpc) is 2.68. The van der Waals surface area contributed by atoms with Gasteiger partial charge in [0.1, 0.15) is 17.5 Å². The fraction of sp³-hybridized carbons (Fsp3) is 0.286. The van der Waals surface area contributed by atoms with Crippen LogP contribution < -0.4 is 10.2 Å². The molecule has 1 aliphatic rings. The molecule has 2 aromatic carbocycles. The topological polar surface area (TPSA) is 41.6 Å². The molecule has 7 heteroatoms. The minimum Gasteiger partial charge on any atom is -0.378 e. The predicted octanol–water partition coefficient (Wildman–Crippen LogP) is 3.83. The number of hydrogen-bond acceptors (Lipinski definition) is 3. The average molecular weight is 390 g/mol. The first kappa shape index (κ1) is 19.9. The third-order valence-corrected chi connectivity index (χ3v) is 4.54. The molecular formula is C21H21F3N2O2. The van der Waals surface area contributed by atoms with E-state index < -0.39 is 29.4 Å². The first-order valence-corrected chi connectivity index (χ1v) is 9.00. The zero-order valence-corrected chi connectivity index (χ0v) is 15.4. The number of halogens is 3. The van der Waals surface area contributed by atoms with Crippen molar-refractivity contribution in [2.75, 3.05) is 31.2 Å². The molecule has 0 saturated carbocycles. The van der Waals surface area contributed by atoms with Crippen molar-refractivity contribution in [1.82, 2.24) is 5.32 Å². The smallest absolute Gasteiger partial charge is 0.244 e. The molecule has 0 aromatic heterocycles. The molecule has 1 saturated heterocycles. The fourth-order valence-electron chi connectivity index (χ4n) is 3.02. The molecule has 3 rings (SSSR count). The number of carbonyl (C=O) groups excluding carboxylic acids is 1. The highest BCUT2D eigenvalue weighted by molar-refractivity contribution is 5.92. The van der Waals surface area contributed by atoms with E-state index in [9.17, 15) is 18.0 Å². The van der Waals surface area contributed by atoms with Crippen LogP contribution in [0.3, 0.4) is 0 Å². The van der Waals surface area contributed by atoms with Crippen molar-refractivity contribution < 1.29 is 22.7 Å². The molecule has 1 heterocycles. The molecule has 2 aromatic rings. The van der Waals surface area contributed by atoms with Crippen LogP contribution in [0.5, 0.6) is 0 Å². The summed E-state index contributed by atoms with van der Waals surface area (Å²) >= 11 is 0. The lowest BCUT2D eigenvalue weighted by molar-refractivity contribution is -0.117. The number of nitrogens with zero attached hydrogens (tertiary/aromatic N) is 1. The van der Waals surface area contributed by atoms with Gasteiger partial charge in [-0.05, 0) is 48.9 Å². The third kappa shape index (κ3) is 4.92. The predicted molar refractivity (Wildman–Crippen MR) is 101 cm³/mol. The molecule has 1 fully saturated rings. The maximum atomic E-state index is 14.1. The van der Waals surface area contributed by atoms with Crippen LogP contribution in [0.25, 0.3) is 6.08 Å². The zero-order chi connectivity index (χ0) is 20.1. The Hall–Kier alpha value is -2.80. The van der Waals surface area contributed by atoms with Gasteiger partial charge in [-0.1, -0.05) is 6.07 Å². The first-order valence-electron chi connectivity index (χ1n) is 9.00. The number of nitrogens with one attached hydrogen (secondary N) is 1. The minimum atomic E-state index is -0.752. The van der Waals surface area contributed by atoms with Crippen LogP contribution >= 0.6 is 0 Å². The van der Waals surface area contributed by atoms with Gasteiger partial charge >= 0.3 is 0 Å². The Labute approximate surface area is 161 Å². The molecule has 1 unspecified atom stereocenters. The van der Waals surface area contributed by atoms with Crippen molar-refractivity contribution in [3.05, 3.63) is 71.1 Å². The van der Waals surface area contributed by atoms with E-state index >= 15 is 0 Å². The van der Waals surface area contributed by atoms with Crippen LogP contribution in [0.1, 0.15) is 24.1 Å². The maximum Gasteiger partial charge on any atom is 0.244 e. The highest BCUT2D eigenvalue weighted by atomic mass is 19.1. The Bertz CT molecular complexity index is 860. The van der Waals surface area contributed by atoms with E-state index in [2.05, 4.69) is 5.32 Å². The Kier molecular flexibility index (Phi) is 6.36. The standard InChI is InChI=1S/C21H21F3N2O2/c1-14(25-21(27)6-5-18-19(23)3-2-4-20(18)24)15-11-16(22)13-17(12-15)26-7-9-28-10-8-26/h2-6,11-14H,7-10H2,1H3,(H,25,27). The molecule has 0 aliphatic carbocycles. The zero-order valence-electron chi connectivity index (χ0n) is 15.4. The number of carbonyl (C=O) groups is 1. The summed E-state index contributed by atoms with van der Waals surface area (Å²) in [5.41, 5.74) is 1.04. The monoisotopic (exact) mass is 390 g/mol. The van der Waals surface area contributed by atoms with Gasteiger partial charge in [-0.3, -0.25) is 4.79 Å². The molecule has 28 heavy (non-hydrogen) atoms. The molecule has 1 atom stereocenters. The van der Waals surface area contributed by atoms with Crippen LogP contribution in [0.4, 0.5) is 18.9 Å². The summed E-state index contributed by atoms with van der Waals surface area (Å²) in [6, 6.07) is 7.61. The van der Waals surface area contributed by atoms with E-state index in [0.29, 0.717) is 31.9 Å². The molecular weight excluding hydrogens is 369 g/mol. The summed E-state index contributed by atoms with van der Waals surface area (Å²) in [7, 11) is 0. The van der Waals surface area contributed by atoms with E-state index in [1.54, 1.807) is 6.92 Å². The van der Waals surface area contributed by atoms with Crippen LogP contribution in [-0.4, -0.2) is 32.2 Å². The van der Waals surface area contributed by atoms with Crippen molar-refractivity contribution in [3.63, 3.8) is 0 Å². The van der Waals surface area contributed by atoms with Gasteiger partial charge in [0, 0.05) is 30.4 Å². The lowest BCUT2D eigenvalue weighted by Gasteiger charge is -2.29. The Morgan fingerprint density at radius 2 is 1.82 bits per heavy atom. The van der Waals surface area contributed by atoms with E-state index in [1.165, 1.54) is 18.2 Å². The first-order chi connectivity index (χ1) is 13.4. The summed E-state index contributed by atoms with van der Waals surface area (Å²) in [4.78, 5) is 14.2. The van der Waals surface area contributed by atoms with Crippen LogP contribution in [0.15, 0.2) is 42.5 Å². The van der Waals surface area contributed by atoms with Crippen LogP contribution in [-0.2, 0) is 9.53 Å². The second kappa shape index (κ2) is 8.93. The second-order valence-electron chi connectivity index (χ2n) is 6.54. The Balaban J connectivity index is 1.70. The van der Waals surface area contributed by atoms with Crippen molar-refractivity contribution in [2.45, 2.75) is 13.0 Å². The number of ether oxygens (including phenoxy) is 1. The molecule has 0 radical (unpaired) electrons. The highest BCUT2D eigenvalue weighted by Crippen LogP contribution is 2.24. The number of hydrogen-bond donors (Lipinski definition) is 1. The quantitative estimate of drug-likeness (QED) is 0.789. The van der Waals surface area contributed by atoms with E-state index in [1.807, 2.05) is 11.0 Å². The second-order valence-corrected chi connectivity index (χ2v) is 6.54. The number of amides is 1. The van der Waals surface area contributed by atoms with Gasteiger partial charge in [0.15, 0.2) is 0 Å². The number of anilines is 1. The molecule has 1 aliphatic heterocycles. The van der Waals surface area contributed by atoms with Gasteiger partial charge < -0.3 is 15.0 Å². The lowest BCUT2D eigenvalue weighted by atomic mass is 10.1. The summed E-state index contributed by atoms with van der Waals surface area (Å²) in [6.07, 6.45) is 2.14. The van der Waals surface area contributed by atoms with E-state index in [0.717, 1.165) is 30.0 Å². The van der Waals surface area contributed by atoms with Gasteiger partial charge in [0.25, 0.3) is 0 Å². The lowest BCUT2D eigenvalue weighted by Crippen LogP contribution is -2.36. The normalized spacial score (nSPS) is 15.6. The van der Waals surface area contributed by atoms with Gasteiger partial charge in [-0.2, -0.15) is 0 Å². The van der Waals surface area contributed by atoms with Gasteiger partial charge in [-0.15, -0.1) is 0 Å². The molecule has 0 spiro atoms. The maximum absolute atomic E-state index is 14.1. The molecule has 1 amide bonds. The highest BCUT2D eigenvalue weighted by Gasteiger charge is 2.16. The van der Waals surface area contributed by atoms with Gasteiger partial charge in [0.2, 0.25) is 5.91 Å². The Morgan fingerprint density at radius 1 is 1.14 bits per heavy atom. The van der Waals surface area contributed by atoms with Crippen molar-refractivity contribution in [3.8, 4) is 0 Å². The molecule has 0 bridgehead atoms. The summed E-state index contributed by atoms with van der Waals surface area (Å²) < 4.78 is 46.6. The fourth-order valence-corrected chi connectivity index (χ4v) is 3.02. The van der Waals surface area contributed by atoms with Crippen molar-refractivity contribution in [1.29, 1.82) is 0 Å². The largest absolute Gasteiger partial charge is 0.378 e.